The molecule has 1 heterocycles. The van der Waals surface area contributed by atoms with E-state index in [0.29, 0.717) is 0 Å². The van der Waals surface area contributed by atoms with Gasteiger partial charge in [0.1, 0.15) is 6.04 Å². The third kappa shape index (κ3) is 2.18. The van der Waals surface area contributed by atoms with Crippen molar-refractivity contribution in [2.75, 3.05) is 0 Å². The Hall–Kier alpha value is -2.69. The summed E-state index contributed by atoms with van der Waals surface area (Å²) in [6, 6.07) is 19.3. The summed E-state index contributed by atoms with van der Waals surface area (Å²) in [5, 5.41) is 9.77. The molecule has 0 bridgehead atoms. The number of tetrazole rings is 1. The van der Waals surface area contributed by atoms with Crippen LogP contribution >= 0.6 is 0 Å². The SMILES string of the molecule is O=c1[nH]nnn1C(c1ccccc1)c1ccccc1. The van der Waals surface area contributed by atoms with Crippen LogP contribution in [0.4, 0.5) is 0 Å². The monoisotopic (exact) mass is 252 g/mol. The number of H-pyrrole nitrogens is 1. The summed E-state index contributed by atoms with van der Waals surface area (Å²) in [6.45, 7) is 0. The molecule has 0 amide bonds. The Labute approximate surface area is 109 Å². The third-order valence-electron chi connectivity index (χ3n) is 2.97. The Kier molecular flexibility index (Phi) is 2.94. The third-order valence-corrected chi connectivity index (χ3v) is 2.97. The number of hydrogen-bond acceptors (Lipinski definition) is 3. The Balaban J connectivity index is 2.18. The van der Waals surface area contributed by atoms with Crippen molar-refractivity contribution in [2.24, 2.45) is 0 Å². The second-order valence-corrected chi connectivity index (χ2v) is 4.17. The fourth-order valence-electron chi connectivity index (χ4n) is 2.12. The molecule has 3 rings (SSSR count). The maximum atomic E-state index is 11.8. The van der Waals surface area contributed by atoms with Gasteiger partial charge in [0.05, 0.1) is 0 Å². The molecule has 0 unspecified atom stereocenters. The largest absolute Gasteiger partial charge is 0.361 e. The van der Waals surface area contributed by atoms with Gasteiger partial charge in [-0.2, -0.15) is 4.68 Å². The topological polar surface area (TPSA) is 63.6 Å². The lowest BCUT2D eigenvalue weighted by molar-refractivity contribution is 0.555. The zero-order valence-electron chi connectivity index (χ0n) is 10.1. The van der Waals surface area contributed by atoms with Crippen LogP contribution in [0.25, 0.3) is 0 Å². The normalized spacial score (nSPS) is 10.8. The van der Waals surface area contributed by atoms with E-state index in [1.54, 1.807) is 0 Å². The van der Waals surface area contributed by atoms with Crippen molar-refractivity contribution >= 4 is 0 Å². The van der Waals surface area contributed by atoms with Crippen LogP contribution < -0.4 is 5.69 Å². The van der Waals surface area contributed by atoms with Crippen LogP contribution in [0.2, 0.25) is 0 Å². The predicted octanol–water partition coefficient (Wildman–Crippen LogP) is 1.60. The Bertz CT molecular complexity index is 663. The number of hydrogen-bond donors (Lipinski definition) is 1. The van der Waals surface area contributed by atoms with Gasteiger partial charge >= 0.3 is 5.69 Å². The number of aromatic nitrogens is 4. The molecule has 19 heavy (non-hydrogen) atoms. The molecule has 2 aromatic carbocycles. The first-order valence-electron chi connectivity index (χ1n) is 5.96. The average molecular weight is 252 g/mol. The van der Waals surface area contributed by atoms with E-state index < -0.39 is 0 Å². The first-order valence-corrected chi connectivity index (χ1v) is 5.96. The fourth-order valence-corrected chi connectivity index (χ4v) is 2.12. The second-order valence-electron chi connectivity index (χ2n) is 4.17. The van der Waals surface area contributed by atoms with Gasteiger partial charge in [-0.05, 0) is 21.6 Å². The van der Waals surface area contributed by atoms with E-state index in [9.17, 15) is 4.79 Å². The molecule has 3 aromatic rings. The van der Waals surface area contributed by atoms with Gasteiger partial charge in [-0.3, -0.25) is 0 Å². The van der Waals surface area contributed by atoms with Crippen LogP contribution in [0.5, 0.6) is 0 Å². The highest BCUT2D eigenvalue weighted by atomic mass is 16.2. The number of aromatic amines is 1. The van der Waals surface area contributed by atoms with E-state index in [1.807, 2.05) is 60.7 Å². The minimum atomic E-state index is -0.322. The zero-order chi connectivity index (χ0) is 13.1. The lowest BCUT2D eigenvalue weighted by Gasteiger charge is -2.16. The molecule has 0 radical (unpaired) electrons. The minimum absolute atomic E-state index is 0.270. The van der Waals surface area contributed by atoms with Crippen molar-refractivity contribution in [3.8, 4) is 0 Å². The van der Waals surface area contributed by atoms with Gasteiger partial charge in [-0.1, -0.05) is 60.7 Å². The molecule has 0 aliphatic heterocycles. The quantitative estimate of drug-likeness (QED) is 0.770. The Morgan fingerprint density at radius 2 is 1.42 bits per heavy atom. The number of nitrogens with zero attached hydrogens (tertiary/aromatic N) is 3. The molecule has 1 N–H and O–H groups in total. The van der Waals surface area contributed by atoms with E-state index in [0.717, 1.165) is 11.1 Å². The number of nitrogens with one attached hydrogen (secondary N) is 1. The number of benzene rings is 2. The smallest absolute Gasteiger partial charge is 0.244 e. The van der Waals surface area contributed by atoms with Crippen molar-refractivity contribution < 1.29 is 0 Å². The van der Waals surface area contributed by atoms with E-state index in [-0.39, 0.29) is 11.7 Å². The molecular formula is C14H12N4O. The van der Waals surface area contributed by atoms with E-state index in [2.05, 4.69) is 15.5 Å². The highest BCUT2D eigenvalue weighted by Gasteiger charge is 2.19. The molecule has 94 valence electrons. The maximum absolute atomic E-state index is 11.8. The van der Waals surface area contributed by atoms with Crippen LogP contribution in [0, 0.1) is 0 Å². The van der Waals surface area contributed by atoms with E-state index in [4.69, 9.17) is 0 Å². The second kappa shape index (κ2) is 4.89. The lowest BCUT2D eigenvalue weighted by Crippen LogP contribution is -2.25. The van der Waals surface area contributed by atoms with Gasteiger partial charge in [0.25, 0.3) is 0 Å². The van der Waals surface area contributed by atoms with Crippen molar-refractivity contribution in [1.29, 1.82) is 0 Å². The Morgan fingerprint density at radius 1 is 0.895 bits per heavy atom. The summed E-state index contributed by atoms with van der Waals surface area (Å²) in [6.07, 6.45) is 0. The van der Waals surface area contributed by atoms with Crippen LogP contribution in [0.1, 0.15) is 17.2 Å². The molecule has 0 aliphatic rings. The van der Waals surface area contributed by atoms with E-state index >= 15 is 0 Å². The molecule has 1 aromatic heterocycles. The molecule has 0 saturated carbocycles. The Morgan fingerprint density at radius 3 is 1.84 bits per heavy atom. The molecule has 5 heteroatoms. The van der Waals surface area contributed by atoms with Gasteiger partial charge in [-0.15, -0.1) is 0 Å². The molecule has 0 atom stereocenters. The first-order chi connectivity index (χ1) is 9.36. The highest BCUT2D eigenvalue weighted by Crippen LogP contribution is 2.23. The summed E-state index contributed by atoms with van der Waals surface area (Å²) >= 11 is 0. The predicted molar refractivity (Wildman–Crippen MR) is 70.8 cm³/mol. The number of rotatable bonds is 3. The zero-order valence-corrected chi connectivity index (χ0v) is 10.1. The lowest BCUT2D eigenvalue weighted by atomic mass is 9.99. The summed E-state index contributed by atoms with van der Waals surface area (Å²) in [5.41, 5.74) is 1.66. The van der Waals surface area contributed by atoms with Crippen molar-refractivity contribution in [1.82, 2.24) is 20.2 Å². The van der Waals surface area contributed by atoms with Crippen LogP contribution in [0.3, 0.4) is 0 Å². The van der Waals surface area contributed by atoms with Crippen LogP contribution in [-0.2, 0) is 0 Å². The highest BCUT2D eigenvalue weighted by molar-refractivity contribution is 5.31. The molecule has 0 spiro atoms. The van der Waals surface area contributed by atoms with Gasteiger partial charge in [0.2, 0.25) is 0 Å². The summed E-state index contributed by atoms with van der Waals surface area (Å²) in [5.74, 6) is 0. The molecule has 0 aliphatic carbocycles. The standard InChI is InChI=1S/C14H12N4O/c19-14-15-16-17-18(14)13(11-7-3-1-4-8-11)12-9-5-2-6-10-12/h1-10,13H,(H,15,17,19). The van der Waals surface area contributed by atoms with Crippen molar-refractivity contribution in [2.45, 2.75) is 6.04 Å². The fraction of sp³-hybridized carbons (Fsp3) is 0.0714. The van der Waals surface area contributed by atoms with Gasteiger partial charge in [0.15, 0.2) is 0 Å². The molecular weight excluding hydrogens is 240 g/mol. The van der Waals surface area contributed by atoms with Gasteiger partial charge in [0, 0.05) is 0 Å². The van der Waals surface area contributed by atoms with Gasteiger partial charge < -0.3 is 0 Å². The van der Waals surface area contributed by atoms with Crippen LogP contribution in [0.15, 0.2) is 65.5 Å². The van der Waals surface area contributed by atoms with E-state index in [1.165, 1.54) is 4.68 Å². The maximum Gasteiger partial charge on any atom is 0.361 e. The van der Waals surface area contributed by atoms with Gasteiger partial charge in [-0.25, -0.2) is 9.89 Å². The first kappa shape index (κ1) is 11.4. The van der Waals surface area contributed by atoms with Crippen molar-refractivity contribution in [3.05, 3.63) is 82.3 Å². The summed E-state index contributed by atoms with van der Waals surface area (Å²) < 4.78 is 1.35. The molecule has 5 nitrogen and oxygen atoms in total. The average Bonchev–Trinajstić information content (AvgIpc) is 2.88. The summed E-state index contributed by atoms with van der Waals surface area (Å²) in [7, 11) is 0. The molecule has 0 fully saturated rings. The van der Waals surface area contributed by atoms with Crippen LogP contribution in [-0.4, -0.2) is 20.2 Å². The van der Waals surface area contributed by atoms with Crippen molar-refractivity contribution in [3.63, 3.8) is 0 Å². The minimum Gasteiger partial charge on any atom is -0.244 e. The summed E-state index contributed by atoms with van der Waals surface area (Å²) in [4.78, 5) is 11.8. The molecule has 0 saturated heterocycles.